The van der Waals surface area contributed by atoms with Crippen molar-refractivity contribution in [3.8, 4) is 0 Å². The van der Waals surface area contributed by atoms with E-state index in [4.69, 9.17) is 9.15 Å². The lowest BCUT2D eigenvalue weighted by Crippen LogP contribution is -2.41. The molecule has 1 amide bonds. The molecule has 0 spiro atoms. The van der Waals surface area contributed by atoms with Gasteiger partial charge in [-0.3, -0.25) is 9.59 Å². The number of furan rings is 1. The molecule has 1 aliphatic rings. The third-order valence-corrected chi connectivity index (χ3v) is 4.11. The Morgan fingerprint density at radius 2 is 2.25 bits per heavy atom. The molecule has 2 heterocycles. The molecule has 0 N–H and O–H groups in total. The molecule has 1 unspecified atom stereocenters. The van der Waals surface area contributed by atoms with E-state index in [0.29, 0.717) is 31.9 Å². The summed E-state index contributed by atoms with van der Waals surface area (Å²) < 4.78 is 10.3. The molecule has 0 radical (unpaired) electrons. The smallest absolute Gasteiger partial charge is 0.314 e. The Balaban J connectivity index is 2.16. The first-order chi connectivity index (χ1) is 9.51. The van der Waals surface area contributed by atoms with Crippen molar-refractivity contribution in [1.82, 2.24) is 4.90 Å². The molecular weight excluding hydrogens is 258 g/mol. The van der Waals surface area contributed by atoms with Gasteiger partial charge in [0.2, 0.25) is 0 Å². The minimum Gasteiger partial charge on any atom is -0.466 e. The van der Waals surface area contributed by atoms with Crippen molar-refractivity contribution in [2.75, 3.05) is 19.7 Å². The summed E-state index contributed by atoms with van der Waals surface area (Å²) in [7, 11) is 0. The third-order valence-electron chi connectivity index (χ3n) is 4.11. The molecule has 5 heteroatoms. The molecule has 0 aliphatic carbocycles. The number of ether oxygens (including phenoxy) is 1. The summed E-state index contributed by atoms with van der Waals surface area (Å²) >= 11 is 0. The van der Waals surface area contributed by atoms with Crippen LogP contribution in [0.15, 0.2) is 22.8 Å². The first-order valence-electron chi connectivity index (χ1n) is 7.01. The first kappa shape index (κ1) is 14.6. The number of likely N-dealkylation sites (tertiary alicyclic amines) is 1. The predicted octanol–water partition coefficient (Wildman–Crippen LogP) is 2.33. The molecule has 20 heavy (non-hydrogen) atoms. The summed E-state index contributed by atoms with van der Waals surface area (Å²) in [6, 6.07) is 3.33. The number of nitrogens with zero attached hydrogens (tertiary/aromatic N) is 1. The molecular formula is C15H21NO4. The van der Waals surface area contributed by atoms with Crippen LogP contribution in [0.25, 0.3) is 0 Å². The molecule has 1 saturated heterocycles. The Morgan fingerprint density at radius 1 is 1.50 bits per heavy atom. The second kappa shape index (κ2) is 5.69. The van der Waals surface area contributed by atoms with Crippen LogP contribution in [0, 0.1) is 11.3 Å². The van der Waals surface area contributed by atoms with E-state index in [1.54, 1.807) is 24.0 Å². The van der Waals surface area contributed by atoms with E-state index < -0.39 is 5.41 Å². The molecule has 1 fully saturated rings. The zero-order chi connectivity index (χ0) is 14.8. The maximum absolute atomic E-state index is 12.3. The van der Waals surface area contributed by atoms with E-state index in [2.05, 4.69) is 0 Å². The minimum absolute atomic E-state index is 0.121. The molecule has 1 aromatic heterocycles. The van der Waals surface area contributed by atoms with Gasteiger partial charge in [0.25, 0.3) is 5.91 Å². The second-order valence-corrected chi connectivity index (χ2v) is 5.49. The van der Waals surface area contributed by atoms with Gasteiger partial charge in [0.05, 0.1) is 18.3 Å². The normalized spacial score (nSPS) is 22.3. The average molecular weight is 279 g/mol. The molecule has 1 atom stereocenters. The van der Waals surface area contributed by atoms with E-state index >= 15 is 0 Å². The van der Waals surface area contributed by atoms with Crippen molar-refractivity contribution in [2.24, 2.45) is 11.3 Å². The van der Waals surface area contributed by atoms with Crippen molar-refractivity contribution in [3.63, 3.8) is 0 Å². The van der Waals surface area contributed by atoms with Gasteiger partial charge < -0.3 is 14.1 Å². The lowest BCUT2D eigenvalue weighted by molar-refractivity contribution is -0.157. The Bertz CT molecular complexity index is 480. The number of rotatable bonds is 4. The quantitative estimate of drug-likeness (QED) is 0.794. The van der Waals surface area contributed by atoms with Gasteiger partial charge in [-0.1, -0.05) is 13.8 Å². The number of carbonyl (C=O) groups excluding carboxylic acids is 2. The third kappa shape index (κ3) is 2.44. The molecule has 0 saturated carbocycles. The second-order valence-electron chi connectivity index (χ2n) is 5.49. The van der Waals surface area contributed by atoms with Crippen molar-refractivity contribution in [1.29, 1.82) is 0 Å². The standard InChI is InChI=1S/C15H21NO4/c1-4-19-14(18)15(11(2)3)7-8-16(10-15)13(17)12-6-5-9-20-12/h5-6,9,11H,4,7-8,10H2,1-3H3. The summed E-state index contributed by atoms with van der Waals surface area (Å²) in [6.07, 6.45) is 2.11. The largest absolute Gasteiger partial charge is 0.466 e. The van der Waals surface area contributed by atoms with Crippen LogP contribution in [-0.2, 0) is 9.53 Å². The van der Waals surface area contributed by atoms with E-state index in [1.165, 1.54) is 6.26 Å². The zero-order valence-electron chi connectivity index (χ0n) is 12.2. The fourth-order valence-electron chi connectivity index (χ4n) is 2.71. The predicted molar refractivity (Wildman–Crippen MR) is 73.1 cm³/mol. The Morgan fingerprint density at radius 3 is 2.80 bits per heavy atom. The SMILES string of the molecule is CCOC(=O)C1(C(C)C)CCN(C(=O)c2ccco2)C1. The minimum atomic E-state index is -0.599. The van der Waals surface area contributed by atoms with Gasteiger partial charge in [-0.05, 0) is 31.4 Å². The van der Waals surface area contributed by atoms with Crippen LogP contribution in [-0.4, -0.2) is 36.5 Å². The van der Waals surface area contributed by atoms with Crippen LogP contribution in [0.4, 0.5) is 0 Å². The summed E-state index contributed by atoms with van der Waals surface area (Å²) in [5.41, 5.74) is -0.599. The van der Waals surface area contributed by atoms with E-state index in [-0.39, 0.29) is 17.8 Å². The molecule has 1 aliphatic heterocycles. The Kier molecular flexibility index (Phi) is 4.16. The van der Waals surface area contributed by atoms with Crippen molar-refractivity contribution in [3.05, 3.63) is 24.2 Å². The van der Waals surface area contributed by atoms with Gasteiger partial charge in [-0.25, -0.2) is 0 Å². The summed E-state index contributed by atoms with van der Waals surface area (Å²) in [4.78, 5) is 26.2. The fourth-order valence-corrected chi connectivity index (χ4v) is 2.71. The van der Waals surface area contributed by atoms with Gasteiger partial charge in [-0.2, -0.15) is 0 Å². The Hall–Kier alpha value is -1.78. The van der Waals surface area contributed by atoms with Crippen molar-refractivity contribution < 1.29 is 18.7 Å². The highest BCUT2D eigenvalue weighted by Crippen LogP contribution is 2.39. The monoisotopic (exact) mass is 279 g/mol. The van der Waals surface area contributed by atoms with Gasteiger partial charge in [0.15, 0.2) is 5.76 Å². The first-order valence-corrected chi connectivity index (χ1v) is 7.01. The van der Waals surface area contributed by atoms with Crippen LogP contribution in [0.2, 0.25) is 0 Å². The highest BCUT2D eigenvalue weighted by molar-refractivity contribution is 5.92. The summed E-state index contributed by atoms with van der Waals surface area (Å²) in [6.45, 7) is 7.10. The van der Waals surface area contributed by atoms with Gasteiger partial charge >= 0.3 is 5.97 Å². The van der Waals surface area contributed by atoms with Crippen LogP contribution in [0.5, 0.6) is 0 Å². The Labute approximate surface area is 118 Å². The molecule has 2 rings (SSSR count). The van der Waals surface area contributed by atoms with Crippen LogP contribution in [0.1, 0.15) is 37.7 Å². The zero-order valence-corrected chi connectivity index (χ0v) is 12.2. The lowest BCUT2D eigenvalue weighted by atomic mass is 9.76. The maximum Gasteiger partial charge on any atom is 0.314 e. The van der Waals surface area contributed by atoms with Crippen LogP contribution in [0.3, 0.4) is 0 Å². The van der Waals surface area contributed by atoms with Gasteiger partial charge in [-0.15, -0.1) is 0 Å². The van der Waals surface area contributed by atoms with E-state index in [0.717, 1.165) is 0 Å². The van der Waals surface area contributed by atoms with E-state index in [1.807, 2.05) is 13.8 Å². The molecule has 0 aromatic carbocycles. The molecule has 5 nitrogen and oxygen atoms in total. The van der Waals surface area contributed by atoms with Crippen LogP contribution < -0.4 is 0 Å². The van der Waals surface area contributed by atoms with Gasteiger partial charge in [0, 0.05) is 13.1 Å². The van der Waals surface area contributed by atoms with E-state index in [9.17, 15) is 9.59 Å². The van der Waals surface area contributed by atoms with Gasteiger partial charge in [0.1, 0.15) is 0 Å². The summed E-state index contributed by atoms with van der Waals surface area (Å²) in [5, 5.41) is 0. The number of hydrogen-bond donors (Lipinski definition) is 0. The molecule has 0 bridgehead atoms. The topological polar surface area (TPSA) is 59.8 Å². The summed E-state index contributed by atoms with van der Waals surface area (Å²) in [5.74, 6) is 0.0657. The highest BCUT2D eigenvalue weighted by atomic mass is 16.5. The maximum atomic E-state index is 12.3. The number of esters is 1. The molecule has 110 valence electrons. The van der Waals surface area contributed by atoms with Crippen LogP contribution >= 0.6 is 0 Å². The number of hydrogen-bond acceptors (Lipinski definition) is 4. The average Bonchev–Trinajstić information content (AvgIpc) is 3.08. The highest BCUT2D eigenvalue weighted by Gasteiger charge is 2.49. The lowest BCUT2D eigenvalue weighted by Gasteiger charge is -2.30. The van der Waals surface area contributed by atoms with Crippen molar-refractivity contribution in [2.45, 2.75) is 27.2 Å². The fraction of sp³-hybridized carbons (Fsp3) is 0.600. The number of carbonyl (C=O) groups is 2. The van der Waals surface area contributed by atoms with Crippen molar-refractivity contribution >= 4 is 11.9 Å². The number of amides is 1. The molecule has 1 aromatic rings.